The number of halogens is 2. The second-order valence-corrected chi connectivity index (χ2v) is 10.5. The van der Waals surface area contributed by atoms with Crippen molar-refractivity contribution in [1.82, 2.24) is 4.90 Å². The van der Waals surface area contributed by atoms with E-state index >= 15 is 0 Å². The molecule has 0 radical (unpaired) electrons. The van der Waals surface area contributed by atoms with Gasteiger partial charge in [0.2, 0.25) is 0 Å². The van der Waals surface area contributed by atoms with Gasteiger partial charge in [-0.15, -0.1) is 11.3 Å². The van der Waals surface area contributed by atoms with Gasteiger partial charge in [-0.05, 0) is 45.2 Å². The van der Waals surface area contributed by atoms with Crippen molar-refractivity contribution in [3.05, 3.63) is 69.9 Å². The van der Waals surface area contributed by atoms with E-state index in [2.05, 4.69) is 0 Å². The highest BCUT2D eigenvalue weighted by Gasteiger charge is 2.39. The number of aliphatic hydroxyl groups excluding tert-OH is 1. The summed E-state index contributed by atoms with van der Waals surface area (Å²) in [6.45, 7) is 4.05. The van der Waals surface area contributed by atoms with E-state index in [-0.39, 0.29) is 28.9 Å². The van der Waals surface area contributed by atoms with Gasteiger partial charge in [-0.3, -0.25) is 4.79 Å². The molecule has 3 rings (SSSR count). The second kappa shape index (κ2) is 12.0. The average molecular weight is 510 g/mol. The number of thioether (sulfide) groups is 1. The van der Waals surface area contributed by atoms with Crippen LogP contribution >= 0.6 is 23.1 Å². The van der Waals surface area contributed by atoms with Crippen LogP contribution in [0.2, 0.25) is 0 Å². The Hall–Kier alpha value is -2.23. The number of alkyl halides is 2. The third kappa shape index (κ3) is 6.90. The van der Waals surface area contributed by atoms with Gasteiger partial charge in [0.1, 0.15) is 11.0 Å². The van der Waals surface area contributed by atoms with Gasteiger partial charge in [0.05, 0.1) is 12.1 Å². The Bertz CT molecular complexity index is 994. The molecule has 2 heterocycles. The Morgan fingerprint density at radius 1 is 1.26 bits per heavy atom. The van der Waals surface area contributed by atoms with Crippen molar-refractivity contribution < 1.29 is 28.2 Å². The van der Waals surface area contributed by atoms with Gasteiger partial charge in [-0.1, -0.05) is 54.2 Å². The Labute approximate surface area is 206 Å². The lowest BCUT2D eigenvalue weighted by Crippen LogP contribution is -2.42. The number of rotatable bonds is 10. The molecule has 1 aromatic carbocycles. The standard InChI is InChI=1S/C25H29F2NO4S2/c1-17(2)32-23(30)21-12-11-20(34-21)9-6-15-28-19(14-16-33-24(28)31)10-13-22(29)25(26,27)18-7-4-3-5-8-18/h3-5,7-8,10-13,17,19,22,29H,6,9,14-16H2,1-2H3/t19-,22+/m0/s1. The molecule has 34 heavy (non-hydrogen) atoms. The quantitative estimate of drug-likeness (QED) is 0.320. The fourth-order valence-electron chi connectivity index (χ4n) is 3.60. The van der Waals surface area contributed by atoms with E-state index in [1.165, 1.54) is 53.4 Å². The summed E-state index contributed by atoms with van der Waals surface area (Å²) in [5, 5.41) is 10.1. The maximum atomic E-state index is 14.6. The minimum Gasteiger partial charge on any atom is -0.459 e. The van der Waals surface area contributed by atoms with Crippen LogP contribution in [0.15, 0.2) is 54.6 Å². The van der Waals surface area contributed by atoms with E-state index in [9.17, 15) is 23.5 Å². The van der Waals surface area contributed by atoms with E-state index < -0.39 is 12.0 Å². The molecule has 9 heteroatoms. The number of hydrogen-bond donors (Lipinski definition) is 1. The molecule has 1 amide bonds. The number of carbonyl (C=O) groups excluding carboxylic acids is 2. The molecule has 2 aromatic rings. The predicted octanol–water partition coefficient (Wildman–Crippen LogP) is 5.88. The highest BCUT2D eigenvalue weighted by atomic mass is 32.2. The zero-order valence-electron chi connectivity index (χ0n) is 19.2. The second-order valence-electron chi connectivity index (χ2n) is 8.31. The summed E-state index contributed by atoms with van der Waals surface area (Å²) in [6.07, 6.45) is 2.41. The molecule has 184 valence electrons. The lowest BCUT2D eigenvalue weighted by Gasteiger charge is -2.33. The third-order valence-electron chi connectivity index (χ3n) is 5.35. The number of carbonyl (C=O) groups is 2. The van der Waals surface area contributed by atoms with Gasteiger partial charge in [-0.25, -0.2) is 4.79 Å². The van der Waals surface area contributed by atoms with Gasteiger partial charge in [-0.2, -0.15) is 8.78 Å². The highest BCUT2D eigenvalue weighted by molar-refractivity contribution is 8.13. The van der Waals surface area contributed by atoms with Crippen molar-refractivity contribution in [2.75, 3.05) is 12.3 Å². The summed E-state index contributed by atoms with van der Waals surface area (Å²) in [5.74, 6) is -3.17. The number of aliphatic hydroxyl groups is 1. The topological polar surface area (TPSA) is 66.8 Å². The molecule has 5 nitrogen and oxygen atoms in total. The number of benzene rings is 1. The smallest absolute Gasteiger partial charge is 0.348 e. The van der Waals surface area contributed by atoms with Crippen LogP contribution in [-0.4, -0.2) is 51.8 Å². The van der Waals surface area contributed by atoms with Gasteiger partial charge < -0.3 is 14.7 Å². The Morgan fingerprint density at radius 3 is 2.71 bits per heavy atom. The van der Waals surface area contributed by atoms with E-state index in [4.69, 9.17) is 4.74 Å². The SMILES string of the molecule is CC(C)OC(=O)c1ccc(CCCN2C(=O)SCC[C@@H]2C=C[C@@H](O)C(F)(F)c2ccccc2)s1. The molecule has 0 saturated carbocycles. The van der Waals surface area contributed by atoms with Crippen LogP contribution in [0.5, 0.6) is 0 Å². The fourth-order valence-corrected chi connectivity index (χ4v) is 5.46. The number of nitrogens with zero attached hydrogens (tertiary/aromatic N) is 1. The maximum Gasteiger partial charge on any atom is 0.348 e. The van der Waals surface area contributed by atoms with Crippen molar-refractivity contribution >= 4 is 34.3 Å². The number of esters is 1. The third-order valence-corrected chi connectivity index (χ3v) is 7.39. The highest BCUT2D eigenvalue weighted by Crippen LogP contribution is 2.33. The number of aryl methyl sites for hydroxylation is 1. The summed E-state index contributed by atoms with van der Waals surface area (Å²) in [6, 6.07) is 10.5. The zero-order chi connectivity index (χ0) is 24.7. The van der Waals surface area contributed by atoms with Gasteiger partial charge in [0.25, 0.3) is 5.24 Å². The molecule has 0 spiro atoms. The van der Waals surface area contributed by atoms with Gasteiger partial charge in [0.15, 0.2) is 0 Å². The largest absolute Gasteiger partial charge is 0.459 e. The van der Waals surface area contributed by atoms with Crippen LogP contribution in [0.25, 0.3) is 0 Å². The van der Waals surface area contributed by atoms with E-state index in [1.807, 2.05) is 6.07 Å². The molecule has 0 unspecified atom stereocenters. The molecule has 1 fully saturated rings. The van der Waals surface area contributed by atoms with Crippen molar-refractivity contribution in [2.45, 2.75) is 57.3 Å². The van der Waals surface area contributed by atoms with Crippen molar-refractivity contribution in [3.8, 4) is 0 Å². The predicted molar refractivity (Wildman–Crippen MR) is 132 cm³/mol. The molecule has 0 aliphatic carbocycles. The number of thiophene rings is 1. The van der Waals surface area contributed by atoms with Crippen LogP contribution in [0, 0.1) is 0 Å². The normalized spacial score (nSPS) is 18.0. The lowest BCUT2D eigenvalue weighted by molar-refractivity contribution is -0.0929. The van der Waals surface area contributed by atoms with Crippen LogP contribution < -0.4 is 0 Å². The Kier molecular flexibility index (Phi) is 9.27. The molecule has 1 N–H and O–H groups in total. The minimum atomic E-state index is -3.43. The van der Waals surface area contributed by atoms with Gasteiger partial charge in [0, 0.05) is 22.7 Å². The molecule has 0 bridgehead atoms. The first-order chi connectivity index (χ1) is 16.2. The first kappa shape index (κ1) is 26.4. The summed E-state index contributed by atoms with van der Waals surface area (Å²) in [7, 11) is 0. The molecular formula is C25H29F2NO4S2. The summed E-state index contributed by atoms with van der Waals surface area (Å²) >= 11 is 2.58. The van der Waals surface area contributed by atoms with Crippen molar-refractivity contribution in [3.63, 3.8) is 0 Å². The van der Waals surface area contributed by atoms with Crippen LogP contribution in [0.4, 0.5) is 13.6 Å². The molecule has 1 saturated heterocycles. The first-order valence-corrected chi connectivity index (χ1v) is 13.0. The summed E-state index contributed by atoms with van der Waals surface area (Å²) < 4.78 is 34.4. The van der Waals surface area contributed by atoms with Crippen LogP contribution in [0.1, 0.15) is 46.8 Å². The minimum absolute atomic E-state index is 0.0995. The Balaban J connectivity index is 1.58. The van der Waals surface area contributed by atoms with E-state index in [0.717, 1.165) is 11.0 Å². The lowest BCUT2D eigenvalue weighted by atomic mass is 10.0. The van der Waals surface area contributed by atoms with Crippen molar-refractivity contribution in [1.29, 1.82) is 0 Å². The number of ether oxygens (including phenoxy) is 1. The van der Waals surface area contributed by atoms with Gasteiger partial charge >= 0.3 is 11.9 Å². The Morgan fingerprint density at radius 2 is 2.00 bits per heavy atom. The first-order valence-electron chi connectivity index (χ1n) is 11.2. The average Bonchev–Trinajstić information content (AvgIpc) is 3.28. The maximum absolute atomic E-state index is 14.6. The van der Waals surface area contributed by atoms with Crippen LogP contribution in [0.3, 0.4) is 0 Å². The molecular weight excluding hydrogens is 480 g/mol. The number of amides is 1. The summed E-state index contributed by atoms with van der Waals surface area (Å²) in [4.78, 5) is 27.7. The molecule has 1 aliphatic heterocycles. The zero-order valence-corrected chi connectivity index (χ0v) is 20.8. The monoisotopic (exact) mass is 509 g/mol. The molecule has 2 atom stereocenters. The molecule has 1 aliphatic rings. The number of hydrogen-bond acceptors (Lipinski definition) is 6. The van der Waals surface area contributed by atoms with E-state index in [0.29, 0.717) is 36.4 Å². The molecule has 1 aromatic heterocycles. The fraction of sp³-hybridized carbons (Fsp3) is 0.440. The summed E-state index contributed by atoms with van der Waals surface area (Å²) in [5.41, 5.74) is -0.258. The van der Waals surface area contributed by atoms with Crippen molar-refractivity contribution in [2.24, 2.45) is 0 Å². The van der Waals surface area contributed by atoms with E-state index in [1.54, 1.807) is 30.9 Å². The van der Waals surface area contributed by atoms with Crippen LogP contribution in [-0.2, 0) is 17.1 Å².